The van der Waals surface area contributed by atoms with Crippen LogP contribution in [0.25, 0.3) is 12.2 Å². The van der Waals surface area contributed by atoms with Crippen LogP contribution in [0.1, 0.15) is 16.7 Å². The number of carbonyl (C=O) groups excluding carboxylic acids is 1. The van der Waals surface area contributed by atoms with E-state index in [2.05, 4.69) is 16.0 Å². The average molecular weight is 315 g/mol. The van der Waals surface area contributed by atoms with Crippen molar-refractivity contribution in [3.8, 4) is 6.07 Å². The predicted molar refractivity (Wildman–Crippen MR) is 93.9 cm³/mol. The van der Waals surface area contributed by atoms with Crippen molar-refractivity contribution in [2.24, 2.45) is 0 Å². The van der Waals surface area contributed by atoms with Gasteiger partial charge in [-0.25, -0.2) is 0 Å². The molecule has 4 nitrogen and oxygen atoms in total. The molecule has 1 saturated heterocycles. The van der Waals surface area contributed by atoms with Crippen LogP contribution in [-0.2, 0) is 4.79 Å². The summed E-state index contributed by atoms with van der Waals surface area (Å²) in [6.07, 6.45) is 7.26. The molecule has 0 atom stereocenters. The fraction of sp³-hybridized carbons (Fsp3) is 0.150. The van der Waals surface area contributed by atoms with Gasteiger partial charge in [-0.05, 0) is 54.6 Å². The van der Waals surface area contributed by atoms with Gasteiger partial charge in [-0.15, -0.1) is 0 Å². The molecule has 0 spiro atoms. The zero-order valence-electron chi connectivity index (χ0n) is 13.4. The van der Waals surface area contributed by atoms with E-state index in [1.807, 2.05) is 43.5 Å². The molecule has 0 saturated carbocycles. The highest BCUT2D eigenvalue weighted by atomic mass is 16.1. The van der Waals surface area contributed by atoms with Gasteiger partial charge < -0.3 is 0 Å². The van der Waals surface area contributed by atoms with Crippen LogP contribution in [0.4, 0.5) is 0 Å². The Bertz CT molecular complexity index is 843. The number of ketones is 1. The highest BCUT2D eigenvalue weighted by Gasteiger charge is 2.23. The molecule has 4 heteroatoms. The molecule has 0 aliphatic carbocycles. The fourth-order valence-corrected chi connectivity index (χ4v) is 2.73. The van der Waals surface area contributed by atoms with E-state index in [9.17, 15) is 4.79 Å². The standard InChI is InChI=1S/C20H17N3O/c1-23-13-18(10-15-2-4-17(12-21)5-3-15)20(24)19(14-23)11-16-6-8-22-9-7-16/h2-11H,13-14H2,1H3/b18-10+,19-11+. The van der Waals surface area contributed by atoms with E-state index in [0.29, 0.717) is 18.7 Å². The number of Topliss-reactive ketones (excluding diaryl/α,β-unsaturated/α-hetero) is 1. The van der Waals surface area contributed by atoms with Gasteiger partial charge in [0, 0.05) is 36.6 Å². The molecule has 24 heavy (non-hydrogen) atoms. The average Bonchev–Trinajstić information content (AvgIpc) is 2.60. The molecule has 1 aliphatic rings. The minimum atomic E-state index is 0.0780. The maximum atomic E-state index is 12.8. The Morgan fingerprint density at radius 1 is 1.00 bits per heavy atom. The zero-order chi connectivity index (χ0) is 16.9. The van der Waals surface area contributed by atoms with Gasteiger partial charge in [0.15, 0.2) is 5.78 Å². The van der Waals surface area contributed by atoms with Gasteiger partial charge in [0.1, 0.15) is 0 Å². The second-order valence-electron chi connectivity index (χ2n) is 5.85. The normalized spacial score (nSPS) is 18.8. The molecule has 1 aromatic heterocycles. The Kier molecular flexibility index (Phi) is 4.64. The Labute approximate surface area is 141 Å². The van der Waals surface area contributed by atoms with Gasteiger partial charge >= 0.3 is 0 Å². The molecule has 1 fully saturated rings. The number of likely N-dealkylation sites (tertiary alicyclic amines) is 1. The SMILES string of the molecule is CN1C/C(=C\c2ccncc2)C(=O)/C(=C/c2ccc(C#N)cc2)C1. The Hall–Kier alpha value is -3.03. The van der Waals surface area contributed by atoms with Crippen molar-refractivity contribution in [2.75, 3.05) is 20.1 Å². The van der Waals surface area contributed by atoms with Crippen molar-refractivity contribution in [3.63, 3.8) is 0 Å². The molecule has 0 unspecified atom stereocenters. The summed E-state index contributed by atoms with van der Waals surface area (Å²) in [5.74, 6) is 0.0780. The summed E-state index contributed by atoms with van der Waals surface area (Å²) in [5.41, 5.74) is 4.04. The van der Waals surface area contributed by atoms with Crippen molar-refractivity contribution in [2.45, 2.75) is 0 Å². The molecule has 2 aromatic rings. The summed E-state index contributed by atoms with van der Waals surface area (Å²) >= 11 is 0. The largest absolute Gasteiger partial charge is 0.298 e. The molecular weight excluding hydrogens is 298 g/mol. The van der Waals surface area contributed by atoms with Crippen LogP contribution in [0, 0.1) is 11.3 Å². The number of pyridine rings is 1. The van der Waals surface area contributed by atoms with Gasteiger partial charge in [0.2, 0.25) is 0 Å². The third-order valence-electron chi connectivity index (χ3n) is 3.89. The first kappa shape index (κ1) is 15.9. The number of carbonyl (C=O) groups is 1. The van der Waals surface area contributed by atoms with Gasteiger partial charge in [-0.3, -0.25) is 14.7 Å². The molecule has 2 heterocycles. The number of rotatable bonds is 2. The number of likely N-dealkylation sites (N-methyl/N-ethyl adjacent to an activating group) is 1. The minimum Gasteiger partial charge on any atom is -0.298 e. The lowest BCUT2D eigenvalue weighted by molar-refractivity contribution is -0.113. The molecule has 3 rings (SSSR count). The van der Waals surface area contributed by atoms with E-state index in [0.717, 1.165) is 22.3 Å². The van der Waals surface area contributed by atoms with Crippen LogP contribution < -0.4 is 0 Å². The first-order valence-electron chi connectivity index (χ1n) is 7.70. The zero-order valence-corrected chi connectivity index (χ0v) is 13.4. The molecule has 0 N–H and O–H groups in total. The monoisotopic (exact) mass is 315 g/mol. The van der Waals surface area contributed by atoms with Crippen LogP contribution >= 0.6 is 0 Å². The number of benzene rings is 1. The van der Waals surface area contributed by atoms with Gasteiger partial charge in [0.05, 0.1) is 11.6 Å². The second-order valence-corrected chi connectivity index (χ2v) is 5.85. The summed E-state index contributed by atoms with van der Waals surface area (Å²) < 4.78 is 0. The van der Waals surface area contributed by atoms with Crippen molar-refractivity contribution >= 4 is 17.9 Å². The Balaban J connectivity index is 1.90. The molecule has 0 amide bonds. The summed E-state index contributed by atoms with van der Waals surface area (Å²) in [7, 11) is 2.00. The molecule has 118 valence electrons. The van der Waals surface area contributed by atoms with Crippen LogP contribution in [0.15, 0.2) is 59.9 Å². The highest BCUT2D eigenvalue weighted by Crippen LogP contribution is 2.21. The predicted octanol–water partition coefficient (Wildman–Crippen LogP) is 2.93. The molecule has 1 aliphatic heterocycles. The molecular formula is C20H17N3O. The topological polar surface area (TPSA) is 57.0 Å². The smallest absolute Gasteiger partial charge is 0.187 e. The van der Waals surface area contributed by atoms with Crippen LogP contribution in [0.2, 0.25) is 0 Å². The first-order valence-corrected chi connectivity index (χ1v) is 7.70. The van der Waals surface area contributed by atoms with Gasteiger partial charge in [-0.1, -0.05) is 12.1 Å². The number of hydrogen-bond donors (Lipinski definition) is 0. The first-order chi connectivity index (χ1) is 11.7. The second kappa shape index (κ2) is 7.03. The number of nitrogens with zero attached hydrogens (tertiary/aromatic N) is 3. The summed E-state index contributed by atoms with van der Waals surface area (Å²) in [6, 6.07) is 13.1. The third kappa shape index (κ3) is 3.65. The van der Waals surface area contributed by atoms with Crippen molar-refractivity contribution < 1.29 is 4.79 Å². The van der Waals surface area contributed by atoms with E-state index in [1.54, 1.807) is 24.5 Å². The molecule has 1 aromatic carbocycles. The van der Waals surface area contributed by atoms with E-state index >= 15 is 0 Å². The van der Waals surface area contributed by atoms with E-state index < -0.39 is 0 Å². The fourth-order valence-electron chi connectivity index (χ4n) is 2.73. The lowest BCUT2D eigenvalue weighted by Crippen LogP contribution is -2.34. The highest BCUT2D eigenvalue weighted by molar-refractivity contribution is 6.14. The lowest BCUT2D eigenvalue weighted by Gasteiger charge is -2.26. The minimum absolute atomic E-state index is 0.0780. The molecule has 0 bridgehead atoms. The number of piperidine rings is 1. The quantitative estimate of drug-likeness (QED) is 0.800. The number of aromatic nitrogens is 1. The van der Waals surface area contributed by atoms with Gasteiger partial charge in [0.25, 0.3) is 0 Å². The van der Waals surface area contributed by atoms with Gasteiger partial charge in [-0.2, -0.15) is 5.26 Å². The third-order valence-corrected chi connectivity index (χ3v) is 3.89. The Morgan fingerprint density at radius 3 is 2.08 bits per heavy atom. The number of nitriles is 1. The van der Waals surface area contributed by atoms with E-state index in [-0.39, 0.29) is 5.78 Å². The summed E-state index contributed by atoms with van der Waals surface area (Å²) in [5, 5.41) is 8.86. The van der Waals surface area contributed by atoms with Crippen molar-refractivity contribution in [3.05, 3.63) is 76.6 Å². The maximum absolute atomic E-state index is 12.8. The Morgan fingerprint density at radius 2 is 1.54 bits per heavy atom. The van der Waals surface area contributed by atoms with E-state index in [1.165, 1.54) is 0 Å². The van der Waals surface area contributed by atoms with Crippen molar-refractivity contribution in [1.82, 2.24) is 9.88 Å². The van der Waals surface area contributed by atoms with E-state index in [4.69, 9.17) is 5.26 Å². The number of hydrogen-bond acceptors (Lipinski definition) is 4. The summed E-state index contributed by atoms with van der Waals surface area (Å²) in [6.45, 7) is 1.25. The maximum Gasteiger partial charge on any atom is 0.187 e. The lowest BCUT2D eigenvalue weighted by atomic mass is 9.94. The van der Waals surface area contributed by atoms with Crippen molar-refractivity contribution in [1.29, 1.82) is 5.26 Å². The van der Waals surface area contributed by atoms with Crippen LogP contribution in [0.3, 0.4) is 0 Å². The van der Waals surface area contributed by atoms with Crippen LogP contribution in [0.5, 0.6) is 0 Å². The molecule has 0 radical (unpaired) electrons. The van der Waals surface area contributed by atoms with Crippen LogP contribution in [-0.4, -0.2) is 35.8 Å². The summed E-state index contributed by atoms with van der Waals surface area (Å²) in [4.78, 5) is 18.9.